The zero-order valence-electron chi connectivity index (χ0n) is 7.88. The maximum Gasteiger partial charge on any atom is 0.175 e. The monoisotopic (exact) mass is 196 g/mol. The van der Waals surface area contributed by atoms with Crippen LogP contribution in [0.4, 0.5) is 0 Å². The van der Waals surface area contributed by atoms with E-state index in [4.69, 9.17) is 18.9 Å². The molecule has 0 amide bonds. The largest absolute Gasteiger partial charge is 0.323 e. The first-order valence-corrected chi connectivity index (χ1v) is 5.43. The average Bonchev–Trinajstić information content (AvgIpc) is 2.68. The molecule has 4 nitrogen and oxygen atoms in total. The maximum absolute atomic E-state index is 5.87. The van der Waals surface area contributed by atoms with Gasteiger partial charge in [0, 0.05) is 23.7 Å². The molecule has 5 fully saturated rings. The molecule has 4 aliphatic heterocycles. The van der Waals surface area contributed by atoms with E-state index < -0.39 is 5.79 Å². The number of rotatable bonds is 0. The van der Waals surface area contributed by atoms with Gasteiger partial charge in [-0.05, 0) is 13.3 Å². The van der Waals surface area contributed by atoms with E-state index in [1.165, 1.54) is 6.42 Å². The third-order valence-electron chi connectivity index (χ3n) is 4.77. The van der Waals surface area contributed by atoms with Gasteiger partial charge in [0.25, 0.3) is 0 Å². The molecule has 14 heavy (non-hydrogen) atoms. The van der Waals surface area contributed by atoms with Crippen LogP contribution in [0.3, 0.4) is 0 Å². The highest BCUT2D eigenvalue weighted by molar-refractivity contribution is 5.12. The summed E-state index contributed by atoms with van der Waals surface area (Å²) in [5, 5.41) is 0. The molecule has 76 valence electrons. The van der Waals surface area contributed by atoms with Crippen LogP contribution in [-0.2, 0) is 18.9 Å². The summed E-state index contributed by atoms with van der Waals surface area (Å²) in [6, 6.07) is 0. The highest BCUT2D eigenvalue weighted by Crippen LogP contribution is 2.68. The Balaban J connectivity index is 1.79. The molecule has 0 radical (unpaired) electrons. The summed E-state index contributed by atoms with van der Waals surface area (Å²) in [5.74, 6) is 1.74. The Morgan fingerprint density at radius 1 is 1.00 bits per heavy atom. The van der Waals surface area contributed by atoms with E-state index in [1.54, 1.807) is 0 Å². The van der Waals surface area contributed by atoms with Crippen LogP contribution in [0, 0.1) is 23.7 Å². The Kier molecular flexibility index (Phi) is 0.909. The normalized spacial score (nSPS) is 76.5. The van der Waals surface area contributed by atoms with Gasteiger partial charge in [0.2, 0.25) is 0 Å². The highest BCUT2D eigenvalue weighted by atomic mass is 16.9. The molecule has 4 heteroatoms. The number of hydrogen-bond acceptors (Lipinski definition) is 4. The van der Waals surface area contributed by atoms with Crippen molar-refractivity contribution >= 4 is 0 Å². The summed E-state index contributed by atoms with van der Waals surface area (Å²) in [6.07, 6.45) is 1.02. The fourth-order valence-electron chi connectivity index (χ4n) is 4.41. The van der Waals surface area contributed by atoms with Crippen LogP contribution in [0.5, 0.6) is 0 Å². The lowest BCUT2D eigenvalue weighted by atomic mass is 9.86. The smallest absolute Gasteiger partial charge is 0.175 e. The van der Waals surface area contributed by atoms with Gasteiger partial charge in [-0.1, -0.05) is 0 Å². The van der Waals surface area contributed by atoms with Crippen molar-refractivity contribution in [2.75, 3.05) is 0 Å². The molecule has 1 saturated carbocycles. The second kappa shape index (κ2) is 1.78. The molecule has 0 aromatic carbocycles. The topological polar surface area (TPSA) is 36.9 Å². The van der Waals surface area contributed by atoms with Gasteiger partial charge in [-0.2, -0.15) is 0 Å². The van der Waals surface area contributed by atoms with E-state index in [9.17, 15) is 0 Å². The number of ether oxygens (including phenoxy) is 4. The van der Waals surface area contributed by atoms with Gasteiger partial charge in [-0.3, -0.25) is 0 Å². The van der Waals surface area contributed by atoms with Crippen LogP contribution in [0.2, 0.25) is 0 Å². The Bertz CT molecular complexity index is 326. The molecule has 4 saturated heterocycles. The fourth-order valence-corrected chi connectivity index (χ4v) is 4.41. The highest BCUT2D eigenvalue weighted by Gasteiger charge is 2.76. The SMILES string of the molecule is CC12OC3OC4OC(O1)C1C4CC3C12. The third kappa shape index (κ3) is 0.518. The van der Waals surface area contributed by atoms with Gasteiger partial charge in [0.1, 0.15) is 0 Å². The van der Waals surface area contributed by atoms with Crippen molar-refractivity contribution in [3.63, 3.8) is 0 Å². The van der Waals surface area contributed by atoms with Crippen LogP contribution < -0.4 is 0 Å². The zero-order valence-corrected chi connectivity index (χ0v) is 7.88. The molecule has 1 aliphatic carbocycles. The zero-order chi connectivity index (χ0) is 9.08. The van der Waals surface area contributed by atoms with E-state index in [0.717, 1.165) is 0 Å². The van der Waals surface area contributed by atoms with E-state index in [2.05, 4.69) is 0 Å². The summed E-state index contributed by atoms with van der Waals surface area (Å²) in [7, 11) is 0. The second-order valence-electron chi connectivity index (χ2n) is 5.30. The van der Waals surface area contributed by atoms with Gasteiger partial charge in [-0.25, -0.2) is 0 Å². The first kappa shape index (κ1) is 7.17. The molecular formula is C10H12O4. The number of hydrogen-bond donors (Lipinski definition) is 0. The third-order valence-corrected chi connectivity index (χ3v) is 4.77. The molecule has 8 unspecified atom stereocenters. The molecule has 5 aliphatic rings. The van der Waals surface area contributed by atoms with Crippen molar-refractivity contribution < 1.29 is 18.9 Å². The van der Waals surface area contributed by atoms with Gasteiger partial charge >= 0.3 is 0 Å². The molecule has 0 aromatic heterocycles. The second-order valence-corrected chi connectivity index (χ2v) is 5.30. The minimum atomic E-state index is -0.426. The lowest BCUT2D eigenvalue weighted by Gasteiger charge is -2.33. The molecule has 8 atom stereocenters. The molecule has 5 rings (SSSR count). The summed E-state index contributed by atoms with van der Waals surface area (Å²) in [4.78, 5) is 0. The van der Waals surface area contributed by atoms with Crippen LogP contribution in [0.15, 0.2) is 0 Å². The van der Waals surface area contributed by atoms with Crippen molar-refractivity contribution in [1.82, 2.24) is 0 Å². The molecule has 0 N–H and O–H groups in total. The molecule has 2 bridgehead atoms. The molecule has 4 heterocycles. The Morgan fingerprint density at radius 2 is 1.79 bits per heavy atom. The summed E-state index contributed by atoms with van der Waals surface area (Å²) in [6.45, 7) is 2.04. The van der Waals surface area contributed by atoms with Crippen molar-refractivity contribution in [1.29, 1.82) is 0 Å². The van der Waals surface area contributed by atoms with Crippen LogP contribution >= 0.6 is 0 Å². The van der Waals surface area contributed by atoms with Gasteiger partial charge in [0.05, 0.1) is 0 Å². The minimum absolute atomic E-state index is 0.0545. The van der Waals surface area contributed by atoms with Gasteiger partial charge < -0.3 is 18.9 Å². The Morgan fingerprint density at radius 3 is 2.71 bits per heavy atom. The van der Waals surface area contributed by atoms with Gasteiger partial charge in [0.15, 0.2) is 24.7 Å². The van der Waals surface area contributed by atoms with Crippen molar-refractivity contribution in [3.8, 4) is 0 Å². The first-order valence-electron chi connectivity index (χ1n) is 5.43. The predicted octanol–water partition coefficient (Wildman–Crippen LogP) is 0.670. The molecule has 0 aromatic rings. The first-order chi connectivity index (χ1) is 6.76. The van der Waals surface area contributed by atoms with E-state index >= 15 is 0 Å². The van der Waals surface area contributed by atoms with E-state index in [-0.39, 0.29) is 18.9 Å². The van der Waals surface area contributed by atoms with E-state index in [1.807, 2.05) is 6.92 Å². The Hall–Kier alpha value is -0.160. The van der Waals surface area contributed by atoms with Gasteiger partial charge in [-0.15, -0.1) is 0 Å². The Labute approximate surface area is 81.4 Å². The fraction of sp³-hybridized carbons (Fsp3) is 1.00. The van der Waals surface area contributed by atoms with Crippen LogP contribution in [0.25, 0.3) is 0 Å². The van der Waals surface area contributed by atoms with Crippen LogP contribution in [-0.4, -0.2) is 24.7 Å². The summed E-state index contributed by atoms with van der Waals surface area (Å²) in [5.41, 5.74) is 0. The molecule has 0 spiro atoms. The summed E-state index contributed by atoms with van der Waals surface area (Å²) < 4.78 is 23.3. The van der Waals surface area contributed by atoms with Crippen LogP contribution in [0.1, 0.15) is 13.3 Å². The standard InChI is InChI=1S/C10H12O4/c1-10-6-4-2-3-5(6)9(14-10)12-7(3)11-8(4)13-10/h3-9H,2H2,1H3. The minimum Gasteiger partial charge on any atom is -0.323 e. The summed E-state index contributed by atoms with van der Waals surface area (Å²) >= 11 is 0. The average molecular weight is 196 g/mol. The van der Waals surface area contributed by atoms with Crippen molar-refractivity contribution in [2.24, 2.45) is 23.7 Å². The predicted molar refractivity (Wildman–Crippen MR) is 42.7 cm³/mol. The van der Waals surface area contributed by atoms with Crippen molar-refractivity contribution in [3.05, 3.63) is 0 Å². The molecular weight excluding hydrogens is 184 g/mol. The van der Waals surface area contributed by atoms with Crippen molar-refractivity contribution in [2.45, 2.75) is 38.0 Å². The quantitative estimate of drug-likeness (QED) is 0.570. The van der Waals surface area contributed by atoms with E-state index in [0.29, 0.717) is 23.7 Å². The maximum atomic E-state index is 5.87. The lowest BCUT2D eigenvalue weighted by Crippen LogP contribution is -2.40. The lowest BCUT2D eigenvalue weighted by molar-refractivity contribution is -0.376.